The number of hydrogen-bond donors (Lipinski definition) is 1. The monoisotopic (exact) mass is 245 g/mol. The number of hydrogen-bond acceptors (Lipinski definition) is 2. The molecule has 3 heteroatoms. The molecule has 0 radical (unpaired) electrons. The van der Waals surface area contributed by atoms with E-state index >= 15 is 0 Å². The van der Waals surface area contributed by atoms with Crippen LogP contribution < -0.4 is 5.73 Å². The Morgan fingerprint density at radius 1 is 1.58 bits per heavy atom. The second kappa shape index (κ2) is 2.34. The molecular weight excluding hydrogens is 234 g/mol. The van der Waals surface area contributed by atoms with Gasteiger partial charge in [0.2, 0.25) is 0 Å². The topological polar surface area (TPSA) is 26.0 Å². The molecule has 0 amide bonds. The maximum Gasteiger partial charge on any atom is 0.0562 e. The van der Waals surface area contributed by atoms with Crippen LogP contribution in [0.5, 0.6) is 0 Å². The zero-order valence-corrected chi connectivity index (χ0v) is 9.63. The Labute approximate surface area is 85.1 Å². The summed E-state index contributed by atoms with van der Waals surface area (Å²) >= 11 is 5.19. The number of rotatable bonds is 1. The molecule has 0 saturated heterocycles. The molecule has 66 valence electrons. The van der Waals surface area contributed by atoms with Crippen LogP contribution in [0.15, 0.2) is 15.9 Å². The van der Waals surface area contributed by atoms with E-state index in [1.54, 1.807) is 11.3 Å². The van der Waals surface area contributed by atoms with Crippen molar-refractivity contribution in [3.8, 4) is 0 Å². The molecule has 1 nitrogen and oxygen atoms in total. The highest BCUT2D eigenvalue weighted by molar-refractivity contribution is 9.10. The molecule has 1 atom stereocenters. The smallest absolute Gasteiger partial charge is 0.0562 e. The van der Waals surface area contributed by atoms with Crippen molar-refractivity contribution in [1.29, 1.82) is 0 Å². The van der Waals surface area contributed by atoms with Gasteiger partial charge in [0.25, 0.3) is 0 Å². The van der Waals surface area contributed by atoms with E-state index in [9.17, 15) is 0 Å². The maximum absolute atomic E-state index is 6.25. The van der Waals surface area contributed by atoms with Crippen molar-refractivity contribution < 1.29 is 0 Å². The Morgan fingerprint density at radius 2 is 2.17 bits per heavy atom. The van der Waals surface area contributed by atoms with E-state index in [0.29, 0.717) is 0 Å². The van der Waals surface area contributed by atoms with Gasteiger partial charge in [0.05, 0.1) is 5.54 Å². The van der Waals surface area contributed by atoms with Gasteiger partial charge in [-0.3, -0.25) is 0 Å². The number of halogens is 1. The fraction of sp³-hybridized carbons (Fsp3) is 0.556. The van der Waals surface area contributed by atoms with Crippen molar-refractivity contribution in [2.24, 2.45) is 11.1 Å². The highest BCUT2D eigenvalue weighted by atomic mass is 79.9. The van der Waals surface area contributed by atoms with Crippen LogP contribution in [0.4, 0.5) is 0 Å². The minimum Gasteiger partial charge on any atom is -0.320 e. The lowest BCUT2D eigenvalue weighted by Crippen LogP contribution is -2.23. The lowest BCUT2D eigenvalue weighted by atomic mass is 10.0. The van der Waals surface area contributed by atoms with Gasteiger partial charge in [-0.2, -0.15) is 0 Å². The van der Waals surface area contributed by atoms with Crippen molar-refractivity contribution in [2.45, 2.75) is 25.8 Å². The van der Waals surface area contributed by atoms with Crippen LogP contribution in [0, 0.1) is 5.41 Å². The zero-order valence-electron chi connectivity index (χ0n) is 7.23. The van der Waals surface area contributed by atoms with E-state index < -0.39 is 0 Å². The molecular formula is C9H12BrNS. The lowest BCUT2D eigenvalue weighted by Gasteiger charge is -2.11. The summed E-state index contributed by atoms with van der Waals surface area (Å²) < 4.78 is 1.15. The highest BCUT2D eigenvalue weighted by Gasteiger charge is 2.60. The van der Waals surface area contributed by atoms with E-state index in [4.69, 9.17) is 5.73 Å². The van der Waals surface area contributed by atoms with Gasteiger partial charge in [-0.1, -0.05) is 13.8 Å². The Balaban J connectivity index is 2.34. The fourth-order valence-corrected chi connectivity index (χ4v) is 3.34. The molecule has 1 aliphatic rings. The third-order valence-corrected chi connectivity index (χ3v) is 4.68. The first-order valence-corrected chi connectivity index (χ1v) is 5.66. The summed E-state index contributed by atoms with van der Waals surface area (Å²) in [4.78, 5) is 1.30. The molecule has 0 aliphatic heterocycles. The molecule has 1 unspecified atom stereocenters. The maximum atomic E-state index is 6.25. The first kappa shape index (κ1) is 8.73. The summed E-state index contributed by atoms with van der Waals surface area (Å²) in [5.74, 6) is 0. The molecule has 2 N–H and O–H groups in total. The molecule has 0 spiro atoms. The zero-order chi connectivity index (χ0) is 8.98. The highest BCUT2D eigenvalue weighted by Crippen LogP contribution is 2.61. The summed E-state index contributed by atoms with van der Waals surface area (Å²) in [6, 6.07) is 2.14. The molecule has 2 rings (SSSR count). The van der Waals surface area contributed by atoms with Gasteiger partial charge in [-0.25, -0.2) is 0 Å². The Morgan fingerprint density at radius 3 is 2.50 bits per heavy atom. The van der Waals surface area contributed by atoms with Crippen LogP contribution in [0.1, 0.15) is 25.1 Å². The number of nitrogens with two attached hydrogens (primary N) is 1. The standard InChI is InChI=1S/C9H12BrNS/c1-8(2)5-9(8,11)7-3-6(10)4-12-7/h3-4H,5,11H2,1-2H3. The number of thiophene rings is 1. The van der Waals surface area contributed by atoms with E-state index in [-0.39, 0.29) is 11.0 Å². The van der Waals surface area contributed by atoms with Gasteiger partial charge < -0.3 is 5.73 Å². The van der Waals surface area contributed by atoms with Crippen molar-refractivity contribution >= 4 is 27.3 Å². The molecule has 0 aromatic carbocycles. The first-order chi connectivity index (χ1) is 5.46. The van der Waals surface area contributed by atoms with E-state index in [1.807, 2.05) is 0 Å². The first-order valence-electron chi connectivity index (χ1n) is 3.99. The largest absolute Gasteiger partial charge is 0.320 e. The van der Waals surface area contributed by atoms with E-state index in [0.717, 1.165) is 10.9 Å². The van der Waals surface area contributed by atoms with Crippen molar-refractivity contribution in [2.75, 3.05) is 0 Å². The summed E-state index contributed by atoms with van der Waals surface area (Å²) in [5.41, 5.74) is 6.49. The Kier molecular flexibility index (Phi) is 1.70. The molecule has 1 aromatic heterocycles. The minimum absolute atomic E-state index is 0.0519. The van der Waals surface area contributed by atoms with Crippen molar-refractivity contribution in [3.63, 3.8) is 0 Å². The van der Waals surface area contributed by atoms with Crippen LogP contribution in [0.2, 0.25) is 0 Å². The van der Waals surface area contributed by atoms with E-state index in [1.165, 1.54) is 4.88 Å². The minimum atomic E-state index is -0.0519. The van der Waals surface area contributed by atoms with Gasteiger partial charge in [0.15, 0.2) is 0 Å². The van der Waals surface area contributed by atoms with Crippen molar-refractivity contribution in [1.82, 2.24) is 0 Å². The summed E-state index contributed by atoms with van der Waals surface area (Å²) in [6.45, 7) is 4.45. The van der Waals surface area contributed by atoms with Gasteiger partial charge in [-0.15, -0.1) is 11.3 Å². The van der Waals surface area contributed by atoms with E-state index in [2.05, 4.69) is 41.2 Å². The molecule has 12 heavy (non-hydrogen) atoms. The van der Waals surface area contributed by atoms with Gasteiger partial charge >= 0.3 is 0 Å². The van der Waals surface area contributed by atoms with Crippen LogP contribution in [0.3, 0.4) is 0 Å². The van der Waals surface area contributed by atoms with Crippen LogP contribution in [-0.2, 0) is 5.54 Å². The fourth-order valence-electron chi connectivity index (χ4n) is 1.62. The summed E-state index contributed by atoms with van der Waals surface area (Å²) in [7, 11) is 0. The third-order valence-electron chi connectivity index (χ3n) is 2.81. The Hall–Kier alpha value is 0.140. The molecule has 1 heterocycles. The van der Waals surface area contributed by atoms with Gasteiger partial charge in [0.1, 0.15) is 0 Å². The molecule has 1 aliphatic carbocycles. The normalized spacial score (nSPS) is 32.0. The molecule has 1 aromatic rings. The third kappa shape index (κ3) is 1.07. The second-order valence-electron chi connectivity index (χ2n) is 4.16. The van der Waals surface area contributed by atoms with Crippen LogP contribution in [-0.4, -0.2) is 0 Å². The quantitative estimate of drug-likeness (QED) is 0.809. The lowest BCUT2D eigenvalue weighted by molar-refractivity contribution is 0.516. The average molecular weight is 246 g/mol. The predicted molar refractivity (Wildman–Crippen MR) is 56.3 cm³/mol. The van der Waals surface area contributed by atoms with Gasteiger partial charge in [-0.05, 0) is 33.8 Å². The Bertz CT molecular complexity index is 318. The van der Waals surface area contributed by atoms with Crippen LogP contribution in [0.25, 0.3) is 0 Å². The predicted octanol–water partition coefficient (Wildman–Crippen LogP) is 3.09. The van der Waals surface area contributed by atoms with Crippen molar-refractivity contribution in [3.05, 3.63) is 20.8 Å². The SMILES string of the molecule is CC1(C)CC1(N)c1cc(Br)cs1. The molecule has 0 bridgehead atoms. The summed E-state index contributed by atoms with van der Waals surface area (Å²) in [6.07, 6.45) is 1.10. The van der Waals surface area contributed by atoms with Gasteiger partial charge in [0, 0.05) is 14.7 Å². The average Bonchev–Trinajstić information content (AvgIpc) is 2.37. The molecule has 1 fully saturated rings. The van der Waals surface area contributed by atoms with Crippen LogP contribution >= 0.6 is 27.3 Å². The summed E-state index contributed by atoms with van der Waals surface area (Å²) in [5, 5.41) is 2.10. The molecule has 1 saturated carbocycles. The second-order valence-corrected chi connectivity index (χ2v) is 5.99.